The number of para-hydroxylation sites is 2. The molecule has 0 bridgehead atoms. The number of hydrogen-bond donors (Lipinski definition) is 1. The normalized spacial score (nSPS) is 14.1. The fourth-order valence-electron chi connectivity index (χ4n) is 2.90. The first-order chi connectivity index (χ1) is 12.0. The van der Waals surface area contributed by atoms with E-state index in [0.29, 0.717) is 24.6 Å². The minimum atomic E-state index is -0.0230. The third-order valence-corrected chi connectivity index (χ3v) is 4.33. The van der Waals surface area contributed by atoms with Crippen LogP contribution in [0.15, 0.2) is 24.3 Å². The standard InChI is InChI=1S/C18H22N4O3/c1-11-14(12(2)21-18(19)20-11)8-17(23)22-9-13(10-22)25-16-7-5-4-6-15(16)24-3/h4-7,13H,8-10H2,1-3H3,(H2,19,20,21). The first-order valence-corrected chi connectivity index (χ1v) is 8.15. The number of nitrogen functional groups attached to an aromatic ring is 1. The highest BCUT2D eigenvalue weighted by Gasteiger charge is 2.33. The topological polar surface area (TPSA) is 90.6 Å². The molecule has 0 unspecified atom stereocenters. The van der Waals surface area contributed by atoms with E-state index in [1.54, 1.807) is 12.0 Å². The van der Waals surface area contributed by atoms with Crippen molar-refractivity contribution in [3.63, 3.8) is 0 Å². The average Bonchev–Trinajstić information content (AvgIpc) is 2.54. The zero-order valence-corrected chi connectivity index (χ0v) is 14.7. The molecule has 1 saturated heterocycles. The van der Waals surface area contributed by atoms with Gasteiger partial charge in [-0.3, -0.25) is 4.79 Å². The molecule has 1 aromatic heterocycles. The number of amides is 1. The number of nitrogens with zero attached hydrogens (tertiary/aromatic N) is 3. The maximum absolute atomic E-state index is 12.5. The third kappa shape index (κ3) is 3.65. The number of aryl methyl sites for hydroxylation is 2. The monoisotopic (exact) mass is 342 g/mol. The fraction of sp³-hybridized carbons (Fsp3) is 0.389. The first-order valence-electron chi connectivity index (χ1n) is 8.15. The molecule has 0 atom stereocenters. The van der Waals surface area contributed by atoms with E-state index in [1.807, 2.05) is 38.1 Å². The van der Waals surface area contributed by atoms with Crippen LogP contribution in [0.3, 0.4) is 0 Å². The summed E-state index contributed by atoms with van der Waals surface area (Å²) in [6.07, 6.45) is 0.254. The molecule has 0 spiro atoms. The van der Waals surface area contributed by atoms with Crippen molar-refractivity contribution < 1.29 is 14.3 Å². The van der Waals surface area contributed by atoms with Crippen LogP contribution in [0.2, 0.25) is 0 Å². The molecular weight excluding hydrogens is 320 g/mol. The summed E-state index contributed by atoms with van der Waals surface area (Å²) in [5.74, 6) is 1.66. The van der Waals surface area contributed by atoms with Crippen LogP contribution in [0.5, 0.6) is 11.5 Å². The highest BCUT2D eigenvalue weighted by Crippen LogP contribution is 2.29. The molecule has 2 heterocycles. The second-order valence-electron chi connectivity index (χ2n) is 6.10. The van der Waals surface area contributed by atoms with Crippen molar-refractivity contribution in [2.24, 2.45) is 0 Å². The Kier molecular flexibility index (Phi) is 4.74. The SMILES string of the molecule is COc1ccccc1OC1CN(C(=O)Cc2c(C)nc(N)nc2C)C1. The Morgan fingerprint density at radius 1 is 1.20 bits per heavy atom. The van der Waals surface area contributed by atoms with Gasteiger partial charge < -0.3 is 20.1 Å². The molecule has 3 rings (SSSR count). The zero-order chi connectivity index (χ0) is 18.0. The van der Waals surface area contributed by atoms with Crippen LogP contribution >= 0.6 is 0 Å². The molecule has 1 aromatic carbocycles. The summed E-state index contributed by atoms with van der Waals surface area (Å²) in [7, 11) is 1.61. The summed E-state index contributed by atoms with van der Waals surface area (Å²) in [5.41, 5.74) is 7.97. The van der Waals surface area contributed by atoms with Crippen LogP contribution in [-0.2, 0) is 11.2 Å². The summed E-state index contributed by atoms with van der Waals surface area (Å²) in [4.78, 5) is 22.5. The number of methoxy groups -OCH3 is 1. The van der Waals surface area contributed by atoms with E-state index >= 15 is 0 Å². The second-order valence-corrected chi connectivity index (χ2v) is 6.10. The lowest BCUT2D eigenvalue weighted by atomic mass is 10.1. The van der Waals surface area contributed by atoms with Gasteiger partial charge in [-0.05, 0) is 26.0 Å². The largest absolute Gasteiger partial charge is 0.493 e. The van der Waals surface area contributed by atoms with Crippen LogP contribution in [0.25, 0.3) is 0 Å². The summed E-state index contributed by atoms with van der Waals surface area (Å²) in [5, 5.41) is 0. The van der Waals surface area contributed by atoms with E-state index in [-0.39, 0.29) is 24.4 Å². The van der Waals surface area contributed by atoms with Gasteiger partial charge in [-0.25, -0.2) is 9.97 Å². The lowest BCUT2D eigenvalue weighted by molar-refractivity contribution is -0.139. The molecule has 0 saturated carbocycles. The average molecular weight is 342 g/mol. The number of likely N-dealkylation sites (tertiary alicyclic amines) is 1. The molecule has 1 aliphatic rings. The fourth-order valence-corrected chi connectivity index (χ4v) is 2.90. The summed E-state index contributed by atoms with van der Waals surface area (Å²) in [6, 6.07) is 7.50. The quantitative estimate of drug-likeness (QED) is 0.886. The van der Waals surface area contributed by atoms with Gasteiger partial charge in [-0.15, -0.1) is 0 Å². The van der Waals surface area contributed by atoms with E-state index in [9.17, 15) is 4.79 Å². The molecule has 132 valence electrons. The van der Waals surface area contributed by atoms with E-state index in [1.165, 1.54) is 0 Å². The smallest absolute Gasteiger partial charge is 0.227 e. The maximum atomic E-state index is 12.5. The second kappa shape index (κ2) is 6.96. The van der Waals surface area contributed by atoms with Crippen LogP contribution < -0.4 is 15.2 Å². The summed E-state index contributed by atoms with van der Waals surface area (Å²) < 4.78 is 11.2. The zero-order valence-electron chi connectivity index (χ0n) is 14.7. The summed E-state index contributed by atoms with van der Waals surface area (Å²) >= 11 is 0. The van der Waals surface area contributed by atoms with Crippen molar-refractivity contribution in [2.45, 2.75) is 26.4 Å². The number of hydrogen-bond acceptors (Lipinski definition) is 6. The van der Waals surface area contributed by atoms with Crippen LogP contribution in [-0.4, -0.2) is 47.1 Å². The molecule has 7 heteroatoms. The number of nitrogens with two attached hydrogens (primary N) is 1. The van der Waals surface area contributed by atoms with E-state index in [0.717, 1.165) is 17.0 Å². The predicted octanol–water partition coefficient (Wildman–Crippen LogP) is 1.52. The van der Waals surface area contributed by atoms with Gasteiger partial charge in [0.25, 0.3) is 0 Å². The molecule has 1 aliphatic heterocycles. The third-order valence-electron chi connectivity index (χ3n) is 4.33. The van der Waals surface area contributed by atoms with Crippen molar-refractivity contribution in [3.05, 3.63) is 41.2 Å². The van der Waals surface area contributed by atoms with Crippen LogP contribution in [0.1, 0.15) is 17.0 Å². The van der Waals surface area contributed by atoms with E-state index in [4.69, 9.17) is 15.2 Å². The number of carbonyl (C=O) groups is 1. The lowest BCUT2D eigenvalue weighted by Crippen LogP contribution is -2.56. The number of benzene rings is 1. The lowest BCUT2D eigenvalue weighted by Gasteiger charge is -2.39. The van der Waals surface area contributed by atoms with Gasteiger partial charge in [-0.2, -0.15) is 0 Å². The molecule has 0 aliphatic carbocycles. The Balaban J connectivity index is 1.57. The first kappa shape index (κ1) is 17.0. The molecule has 2 aromatic rings. The van der Waals surface area contributed by atoms with Gasteiger partial charge in [0.1, 0.15) is 6.10 Å². The predicted molar refractivity (Wildman–Crippen MR) is 93.6 cm³/mol. The van der Waals surface area contributed by atoms with Crippen LogP contribution in [0.4, 0.5) is 5.95 Å². The summed E-state index contributed by atoms with van der Waals surface area (Å²) in [6.45, 7) is 4.81. The number of rotatable bonds is 5. The molecule has 1 fully saturated rings. The Bertz CT molecular complexity index is 765. The number of carbonyl (C=O) groups excluding carboxylic acids is 1. The van der Waals surface area contributed by atoms with Crippen molar-refractivity contribution in [2.75, 3.05) is 25.9 Å². The number of ether oxygens (including phenoxy) is 2. The van der Waals surface area contributed by atoms with Gasteiger partial charge in [0.05, 0.1) is 26.6 Å². The Morgan fingerprint density at radius 2 is 1.80 bits per heavy atom. The Labute approximate surface area is 146 Å². The van der Waals surface area contributed by atoms with Crippen molar-refractivity contribution >= 4 is 11.9 Å². The van der Waals surface area contributed by atoms with Gasteiger partial charge in [-0.1, -0.05) is 12.1 Å². The minimum Gasteiger partial charge on any atom is -0.493 e. The molecule has 1 amide bonds. The number of aromatic nitrogens is 2. The van der Waals surface area contributed by atoms with Gasteiger partial charge in [0.2, 0.25) is 11.9 Å². The Hall–Kier alpha value is -2.83. The van der Waals surface area contributed by atoms with Gasteiger partial charge in [0, 0.05) is 17.0 Å². The van der Waals surface area contributed by atoms with Crippen LogP contribution in [0, 0.1) is 13.8 Å². The number of anilines is 1. The van der Waals surface area contributed by atoms with E-state index < -0.39 is 0 Å². The van der Waals surface area contributed by atoms with Gasteiger partial charge in [0.15, 0.2) is 11.5 Å². The molecule has 2 N–H and O–H groups in total. The molecular formula is C18H22N4O3. The molecule has 25 heavy (non-hydrogen) atoms. The Morgan fingerprint density at radius 3 is 2.40 bits per heavy atom. The van der Waals surface area contributed by atoms with Gasteiger partial charge >= 0.3 is 0 Å². The van der Waals surface area contributed by atoms with Crippen molar-refractivity contribution in [1.29, 1.82) is 0 Å². The van der Waals surface area contributed by atoms with E-state index in [2.05, 4.69) is 9.97 Å². The molecule has 0 radical (unpaired) electrons. The van der Waals surface area contributed by atoms with Crippen molar-refractivity contribution in [1.82, 2.24) is 14.9 Å². The minimum absolute atomic E-state index is 0.0230. The highest BCUT2D eigenvalue weighted by atomic mass is 16.5. The highest BCUT2D eigenvalue weighted by molar-refractivity contribution is 5.80. The maximum Gasteiger partial charge on any atom is 0.227 e. The molecule has 7 nitrogen and oxygen atoms in total. The van der Waals surface area contributed by atoms with Crippen molar-refractivity contribution in [3.8, 4) is 11.5 Å².